The molecule has 9 heteroatoms. The minimum atomic E-state index is -0.156. The second kappa shape index (κ2) is 5.75. The number of hydrogen-bond acceptors (Lipinski definition) is 6. The van der Waals surface area contributed by atoms with E-state index in [4.69, 9.17) is 0 Å². The molecule has 0 fully saturated rings. The molecule has 1 N–H and O–H groups in total. The highest BCUT2D eigenvalue weighted by molar-refractivity contribution is 7.98. The van der Waals surface area contributed by atoms with Crippen LogP contribution < -0.4 is 5.32 Å². The average Bonchev–Trinajstić information content (AvgIpc) is 3.27. The number of nitrogens with zero attached hydrogens (tertiary/aromatic N) is 6. The summed E-state index contributed by atoms with van der Waals surface area (Å²) in [6, 6.07) is 7.14. The molecule has 8 nitrogen and oxygen atoms in total. The van der Waals surface area contributed by atoms with Gasteiger partial charge < -0.3 is 5.32 Å². The average molecular weight is 341 g/mol. The first-order valence-electron chi connectivity index (χ1n) is 7.40. The maximum absolute atomic E-state index is 12.5. The zero-order valence-corrected chi connectivity index (χ0v) is 14.0. The first kappa shape index (κ1) is 14.9. The highest BCUT2D eigenvalue weighted by atomic mass is 32.2. The molecule has 1 amide bonds. The van der Waals surface area contributed by atoms with Crippen molar-refractivity contribution in [3.63, 3.8) is 0 Å². The zero-order chi connectivity index (χ0) is 16.7. The van der Waals surface area contributed by atoms with Gasteiger partial charge in [-0.2, -0.15) is 21.7 Å². The highest BCUT2D eigenvalue weighted by Gasteiger charge is 2.22. The van der Waals surface area contributed by atoms with Gasteiger partial charge in [-0.1, -0.05) is 12.1 Å². The fraction of sp³-hybridized carbons (Fsp3) is 0.267. The molecule has 3 aromatic rings. The lowest BCUT2D eigenvalue weighted by Crippen LogP contribution is -2.15. The fourth-order valence-corrected chi connectivity index (χ4v) is 3.68. The van der Waals surface area contributed by atoms with Gasteiger partial charge in [0.05, 0.1) is 12.7 Å². The number of amides is 1. The number of benzene rings is 1. The number of hydrogen-bond donors (Lipinski definition) is 1. The van der Waals surface area contributed by atoms with Gasteiger partial charge in [0.1, 0.15) is 5.82 Å². The number of aryl methyl sites for hydroxylation is 2. The Balaban J connectivity index is 1.55. The molecule has 0 saturated heterocycles. The molecular formula is C15H15N7OS. The molecule has 1 aliphatic rings. The fourth-order valence-electron chi connectivity index (χ4n) is 2.65. The van der Waals surface area contributed by atoms with Gasteiger partial charge in [0, 0.05) is 35.2 Å². The number of carbonyl (C=O) groups is 1. The van der Waals surface area contributed by atoms with Crippen LogP contribution in [0.2, 0.25) is 0 Å². The molecule has 0 spiro atoms. The van der Waals surface area contributed by atoms with E-state index < -0.39 is 0 Å². The summed E-state index contributed by atoms with van der Waals surface area (Å²) in [6.07, 6.45) is 0. The second-order valence-electron chi connectivity index (χ2n) is 5.52. The molecule has 1 aliphatic heterocycles. The van der Waals surface area contributed by atoms with Gasteiger partial charge in [0.15, 0.2) is 0 Å². The minimum absolute atomic E-state index is 0.156. The van der Waals surface area contributed by atoms with Crippen molar-refractivity contribution in [2.24, 2.45) is 14.1 Å². The second-order valence-corrected chi connectivity index (χ2v) is 6.51. The summed E-state index contributed by atoms with van der Waals surface area (Å²) < 4.78 is 1.74. The molecule has 4 rings (SSSR count). The number of anilines is 1. The van der Waals surface area contributed by atoms with E-state index in [1.807, 2.05) is 30.9 Å². The Morgan fingerprint density at radius 1 is 1.17 bits per heavy atom. The van der Waals surface area contributed by atoms with E-state index in [-0.39, 0.29) is 5.91 Å². The van der Waals surface area contributed by atoms with Crippen LogP contribution >= 0.6 is 11.8 Å². The normalized spacial score (nSPS) is 13.1. The van der Waals surface area contributed by atoms with E-state index in [2.05, 4.69) is 25.8 Å². The van der Waals surface area contributed by atoms with Gasteiger partial charge >= 0.3 is 0 Å². The number of nitrogens with one attached hydrogen (secondary N) is 1. The third-order valence-electron chi connectivity index (χ3n) is 3.86. The lowest BCUT2D eigenvalue weighted by atomic mass is 10.1. The maximum Gasteiger partial charge on any atom is 0.256 e. The molecule has 3 heterocycles. The molecule has 0 atom stereocenters. The summed E-state index contributed by atoms with van der Waals surface area (Å²) in [5, 5.41) is 19.3. The number of fused-ring (bicyclic) bond motifs is 1. The van der Waals surface area contributed by atoms with Crippen LogP contribution in [0, 0.1) is 0 Å². The van der Waals surface area contributed by atoms with Crippen LogP contribution in [-0.4, -0.2) is 35.9 Å². The highest BCUT2D eigenvalue weighted by Crippen LogP contribution is 2.34. The van der Waals surface area contributed by atoms with E-state index >= 15 is 0 Å². The summed E-state index contributed by atoms with van der Waals surface area (Å²) in [6.45, 7) is 0. The lowest BCUT2D eigenvalue weighted by Gasteiger charge is -2.08. The standard InChI is InChI=1S/C15H15N7OS/c1-21-14(11-7-24-8-12(11)18-21)16-15(23)10-5-3-9(4-6-10)13-17-20-22(2)19-13/h3-6H,7-8H2,1-2H3,(H,16,23). The molecule has 0 saturated carbocycles. The van der Waals surface area contributed by atoms with Crippen molar-refractivity contribution in [1.29, 1.82) is 0 Å². The van der Waals surface area contributed by atoms with E-state index in [0.29, 0.717) is 11.4 Å². The van der Waals surface area contributed by atoms with E-state index in [1.54, 1.807) is 23.9 Å². The summed E-state index contributed by atoms with van der Waals surface area (Å²) in [7, 11) is 3.56. The maximum atomic E-state index is 12.5. The number of tetrazole rings is 1. The summed E-state index contributed by atoms with van der Waals surface area (Å²) >= 11 is 1.81. The van der Waals surface area contributed by atoms with Gasteiger partial charge in [-0.15, -0.1) is 10.2 Å². The molecule has 0 unspecified atom stereocenters. The van der Waals surface area contributed by atoms with Crippen molar-refractivity contribution < 1.29 is 4.79 Å². The van der Waals surface area contributed by atoms with Crippen LogP contribution in [0.25, 0.3) is 11.4 Å². The quantitative estimate of drug-likeness (QED) is 0.778. The topological polar surface area (TPSA) is 90.5 Å². The summed E-state index contributed by atoms with van der Waals surface area (Å²) in [5.74, 6) is 2.94. The number of aromatic nitrogens is 6. The lowest BCUT2D eigenvalue weighted by molar-refractivity contribution is 0.102. The van der Waals surface area contributed by atoms with E-state index in [0.717, 1.165) is 34.1 Å². The molecule has 0 bridgehead atoms. The van der Waals surface area contributed by atoms with Crippen LogP contribution in [0.5, 0.6) is 0 Å². The van der Waals surface area contributed by atoms with E-state index in [9.17, 15) is 4.79 Å². The first-order chi connectivity index (χ1) is 11.6. The van der Waals surface area contributed by atoms with Crippen molar-refractivity contribution in [2.75, 3.05) is 5.32 Å². The number of thioether (sulfide) groups is 1. The first-order valence-corrected chi connectivity index (χ1v) is 8.55. The Hall–Kier alpha value is -2.68. The summed E-state index contributed by atoms with van der Waals surface area (Å²) in [4.78, 5) is 13.9. The van der Waals surface area contributed by atoms with Crippen molar-refractivity contribution in [3.05, 3.63) is 41.1 Å². The molecular weight excluding hydrogens is 326 g/mol. The van der Waals surface area contributed by atoms with Crippen molar-refractivity contribution in [2.45, 2.75) is 11.5 Å². The van der Waals surface area contributed by atoms with Gasteiger partial charge in [-0.25, -0.2) is 0 Å². The Morgan fingerprint density at radius 2 is 1.96 bits per heavy atom. The van der Waals surface area contributed by atoms with Crippen LogP contribution in [-0.2, 0) is 25.6 Å². The van der Waals surface area contributed by atoms with Crippen LogP contribution in [0.4, 0.5) is 5.82 Å². The third-order valence-corrected chi connectivity index (χ3v) is 4.83. The molecule has 0 aliphatic carbocycles. The van der Waals surface area contributed by atoms with Gasteiger partial charge in [0.2, 0.25) is 5.82 Å². The molecule has 0 radical (unpaired) electrons. The number of rotatable bonds is 3. The van der Waals surface area contributed by atoms with Crippen molar-refractivity contribution in [1.82, 2.24) is 30.0 Å². The Bertz CT molecular complexity index is 913. The van der Waals surface area contributed by atoms with Gasteiger partial charge in [0.25, 0.3) is 5.91 Å². The number of carbonyl (C=O) groups excluding carboxylic acids is 1. The summed E-state index contributed by atoms with van der Waals surface area (Å²) in [5.41, 5.74) is 3.57. The Morgan fingerprint density at radius 3 is 2.67 bits per heavy atom. The molecule has 2 aromatic heterocycles. The predicted molar refractivity (Wildman–Crippen MR) is 90.4 cm³/mol. The van der Waals surface area contributed by atoms with Gasteiger partial charge in [-0.3, -0.25) is 9.48 Å². The smallest absolute Gasteiger partial charge is 0.256 e. The van der Waals surface area contributed by atoms with Crippen molar-refractivity contribution in [3.8, 4) is 11.4 Å². The SMILES string of the molecule is Cn1nnc(-c2ccc(C(=O)Nc3c4c(nn3C)CSC4)cc2)n1. The largest absolute Gasteiger partial charge is 0.307 e. The monoisotopic (exact) mass is 341 g/mol. The Labute approximate surface area is 142 Å². The van der Waals surface area contributed by atoms with Crippen molar-refractivity contribution >= 4 is 23.5 Å². The molecule has 1 aromatic carbocycles. The van der Waals surface area contributed by atoms with Gasteiger partial charge in [-0.05, 0) is 17.3 Å². The van der Waals surface area contributed by atoms with Crippen LogP contribution in [0.1, 0.15) is 21.6 Å². The third kappa shape index (κ3) is 2.56. The van der Waals surface area contributed by atoms with E-state index in [1.165, 1.54) is 4.80 Å². The molecule has 24 heavy (non-hydrogen) atoms. The molecule has 122 valence electrons. The predicted octanol–water partition coefficient (Wildman–Crippen LogP) is 1.61. The zero-order valence-electron chi connectivity index (χ0n) is 13.2. The van der Waals surface area contributed by atoms with Crippen LogP contribution in [0.15, 0.2) is 24.3 Å². The minimum Gasteiger partial charge on any atom is -0.307 e. The van der Waals surface area contributed by atoms with Crippen LogP contribution in [0.3, 0.4) is 0 Å². The Kier molecular flexibility index (Phi) is 3.57.